The molecule has 2 aliphatic heterocycles. The van der Waals surface area contributed by atoms with Gasteiger partial charge < -0.3 is 15.1 Å². The quantitative estimate of drug-likeness (QED) is 0.214. The van der Waals surface area contributed by atoms with Crippen LogP contribution in [0.1, 0.15) is 48.2 Å². The second kappa shape index (κ2) is 11.8. The number of aromatic nitrogens is 5. The van der Waals surface area contributed by atoms with E-state index in [9.17, 15) is 19.2 Å². The molecule has 8 rings (SSSR count). The van der Waals surface area contributed by atoms with Crippen LogP contribution in [0.15, 0.2) is 41.3 Å². The number of pyridine rings is 1. The monoisotopic (exact) mass is 738 g/mol. The summed E-state index contributed by atoms with van der Waals surface area (Å²) in [6, 6.07) is 6.30. The van der Waals surface area contributed by atoms with Crippen LogP contribution >= 0.6 is 15.9 Å². The predicted molar refractivity (Wildman–Crippen MR) is 189 cm³/mol. The van der Waals surface area contributed by atoms with Crippen molar-refractivity contribution in [3.05, 3.63) is 63.9 Å². The smallest absolute Gasteiger partial charge is 0.248 e. The van der Waals surface area contributed by atoms with E-state index in [2.05, 4.69) is 55.1 Å². The van der Waals surface area contributed by atoms with Gasteiger partial charge >= 0.3 is 0 Å². The zero-order chi connectivity index (χ0) is 35.3. The Bertz CT molecular complexity index is 2110. The molecule has 4 aliphatic rings. The number of anilines is 1. The second-order valence-electron chi connectivity index (χ2n) is 14.7. The molecule has 2 saturated carbocycles. The third kappa shape index (κ3) is 5.23. The lowest BCUT2D eigenvalue weighted by molar-refractivity contribution is -0.148. The molecule has 2 aliphatic carbocycles. The van der Waals surface area contributed by atoms with Crippen molar-refractivity contribution in [1.29, 1.82) is 0 Å². The zero-order valence-corrected chi connectivity index (χ0v) is 30.4. The number of Topliss-reactive ketones (excluding diaryl/α,β-unsaturated/α-hetero) is 1. The summed E-state index contributed by atoms with van der Waals surface area (Å²) in [4.78, 5) is 72.0. The summed E-state index contributed by atoms with van der Waals surface area (Å²) in [7, 11) is 0. The molecule has 3 aromatic heterocycles. The molecular formula is C37H39BrN8O4. The van der Waals surface area contributed by atoms with E-state index in [-0.39, 0.29) is 59.4 Å². The molecule has 0 bridgehead atoms. The van der Waals surface area contributed by atoms with Gasteiger partial charge in [-0.1, -0.05) is 19.9 Å². The highest BCUT2D eigenvalue weighted by Gasteiger charge is 2.67. The van der Waals surface area contributed by atoms with E-state index in [0.717, 1.165) is 22.3 Å². The Morgan fingerprint density at radius 1 is 0.880 bits per heavy atom. The molecule has 258 valence electrons. The number of fused-ring (bicyclic) bond motifs is 3. The van der Waals surface area contributed by atoms with Gasteiger partial charge in [0.1, 0.15) is 40.6 Å². The Morgan fingerprint density at radius 3 is 2.22 bits per heavy atom. The van der Waals surface area contributed by atoms with Gasteiger partial charge in [0.15, 0.2) is 5.78 Å². The minimum absolute atomic E-state index is 0.0432. The molecule has 0 spiro atoms. The molecule has 5 heterocycles. The largest absolute Gasteiger partial charge is 0.328 e. The van der Waals surface area contributed by atoms with Gasteiger partial charge in [-0.15, -0.1) is 0 Å². The Balaban J connectivity index is 1.07. The first-order chi connectivity index (χ1) is 23.8. The molecule has 3 amide bonds. The van der Waals surface area contributed by atoms with E-state index in [4.69, 9.17) is 0 Å². The van der Waals surface area contributed by atoms with Crippen molar-refractivity contribution < 1.29 is 19.2 Å². The number of ketones is 1. The van der Waals surface area contributed by atoms with Crippen molar-refractivity contribution in [2.75, 3.05) is 18.4 Å². The molecule has 1 aromatic carbocycles. The maximum Gasteiger partial charge on any atom is 0.248 e. The normalized spacial score (nSPS) is 27.7. The standard InChI is InChI=1S/C37H39BrN8O4/c1-16-7-8-27(38)41-35(16)42-36(49)33-29-18(3)26(29)14-45(33)37(50)34-30-19(4)25(30)13-44(34)28(48)15-46-32-17(2)9-22(23-11-39-21(6)40-12-23)10-24(32)31(43-46)20(5)47/h7-12,18-19,25-26,29-30,33-34H,13-15H2,1-6H3,(H,41,42,49)/t18?,19?,25?,26?,29?,30?,33-,34-/m0/s1. The molecule has 13 heteroatoms. The Morgan fingerprint density at radius 2 is 1.54 bits per heavy atom. The minimum atomic E-state index is -0.653. The summed E-state index contributed by atoms with van der Waals surface area (Å²) in [5.74, 6) is 1.53. The van der Waals surface area contributed by atoms with Crippen molar-refractivity contribution in [2.24, 2.45) is 35.5 Å². The van der Waals surface area contributed by atoms with Crippen molar-refractivity contribution in [2.45, 2.75) is 60.2 Å². The van der Waals surface area contributed by atoms with Crippen molar-refractivity contribution in [3.8, 4) is 11.1 Å². The van der Waals surface area contributed by atoms with E-state index >= 15 is 0 Å². The number of hydrogen-bond acceptors (Lipinski definition) is 8. The first-order valence-corrected chi connectivity index (χ1v) is 18.0. The maximum atomic E-state index is 14.6. The lowest BCUT2D eigenvalue weighted by atomic mass is 10.0. The number of nitrogens with zero attached hydrogens (tertiary/aromatic N) is 7. The number of hydrogen-bond donors (Lipinski definition) is 1. The van der Waals surface area contributed by atoms with Gasteiger partial charge in [0.05, 0.1) is 5.52 Å². The number of nitrogens with one attached hydrogen (secondary N) is 1. The van der Waals surface area contributed by atoms with Crippen LogP contribution in [0.2, 0.25) is 0 Å². The van der Waals surface area contributed by atoms with Crippen LogP contribution in [0, 0.1) is 56.3 Å². The van der Waals surface area contributed by atoms with Gasteiger partial charge in [-0.2, -0.15) is 5.10 Å². The maximum absolute atomic E-state index is 14.6. The molecule has 8 atom stereocenters. The van der Waals surface area contributed by atoms with Gasteiger partial charge in [-0.05, 0) is 107 Å². The fourth-order valence-corrected chi connectivity index (χ4v) is 9.10. The molecule has 12 nitrogen and oxygen atoms in total. The summed E-state index contributed by atoms with van der Waals surface area (Å²) in [5, 5.41) is 8.29. The van der Waals surface area contributed by atoms with E-state index in [1.807, 2.05) is 45.0 Å². The van der Waals surface area contributed by atoms with E-state index in [1.54, 1.807) is 26.9 Å². The molecule has 4 fully saturated rings. The van der Waals surface area contributed by atoms with Crippen LogP contribution < -0.4 is 5.32 Å². The number of amides is 3. The average Bonchev–Trinajstić information content (AvgIpc) is 3.60. The van der Waals surface area contributed by atoms with Crippen LogP contribution in [0.4, 0.5) is 5.82 Å². The molecule has 1 N–H and O–H groups in total. The molecule has 4 aromatic rings. The van der Waals surface area contributed by atoms with Gasteiger partial charge in [-0.3, -0.25) is 23.9 Å². The van der Waals surface area contributed by atoms with Crippen molar-refractivity contribution in [3.63, 3.8) is 0 Å². The lowest BCUT2D eigenvalue weighted by Gasteiger charge is -2.35. The summed E-state index contributed by atoms with van der Waals surface area (Å²) in [6.07, 6.45) is 3.50. The molecule has 6 unspecified atom stereocenters. The number of carbonyl (C=O) groups excluding carboxylic acids is 4. The molecule has 0 radical (unpaired) electrons. The average molecular weight is 740 g/mol. The van der Waals surface area contributed by atoms with Gasteiger partial charge in [0, 0.05) is 43.4 Å². The van der Waals surface area contributed by atoms with Crippen LogP contribution in [-0.4, -0.2) is 83.2 Å². The van der Waals surface area contributed by atoms with Gasteiger partial charge in [0.25, 0.3) is 0 Å². The first-order valence-electron chi connectivity index (χ1n) is 17.2. The number of rotatable bonds is 7. The van der Waals surface area contributed by atoms with Gasteiger partial charge in [0.2, 0.25) is 17.7 Å². The number of piperidine rings is 2. The lowest BCUT2D eigenvalue weighted by Crippen LogP contribution is -2.55. The Labute approximate surface area is 298 Å². The fourth-order valence-electron chi connectivity index (χ4n) is 8.79. The first kappa shape index (κ1) is 32.7. The summed E-state index contributed by atoms with van der Waals surface area (Å²) < 4.78 is 2.21. The third-order valence-corrected chi connectivity index (χ3v) is 12.1. The second-order valence-corrected chi connectivity index (χ2v) is 15.5. The summed E-state index contributed by atoms with van der Waals surface area (Å²) in [5.41, 5.74) is 4.33. The Kier molecular flexibility index (Phi) is 7.70. The summed E-state index contributed by atoms with van der Waals surface area (Å²) >= 11 is 3.39. The predicted octanol–water partition coefficient (Wildman–Crippen LogP) is 4.60. The van der Waals surface area contributed by atoms with Crippen molar-refractivity contribution >= 4 is 56.2 Å². The number of benzene rings is 1. The highest BCUT2D eigenvalue weighted by Crippen LogP contribution is 2.58. The summed E-state index contributed by atoms with van der Waals surface area (Å²) in [6.45, 7) is 12.2. The molecule has 2 saturated heterocycles. The highest BCUT2D eigenvalue weighted by molar-refractivity contribution is 9.10. The number of halogens is 1. The number of carbonyl (C=O) groups is 4. The number of likely N-dealkylation sites (tertiary alicyclic amines) is 2. The van der Waals surface area contributed by atoms with E-state index in [0.29, 0.717) is 52.1 Å². The third-order valence-electron chi connectivity index (χ3n) is 11.7. The highest BCUT2D eigenvalue weighted by atomic mass is 79.9. The zero-order valence-electron chi connectivity index (χ0n) is 28.8. The topological polar surface area (TPSA) is 143 Å². The van der Waals surface area contributed by atoms with Crippen LogP contribution in [0.3, 0.4) is 0 Å². The Hall–Kier alpha value is -4.52. The minimum Gasteiger partial charge on any atom is -0.328 e. The molecule has 50 heavy (non-hydrogen) atoms. The number of aryl methyl sites for hydroxylation is 3. The van der Waals surface area contributed by atoms with Crippen LogP contribution in [0.25, 0.3) is 22.0 Å². The van der Waals surface area contributed by atoms with Crippen molar-refractivity contribution in [1.82, 2.24) is 34.5 Å². The van der Waals surface area contributed by atoms with Crippen LogP contribution in [0.5, 0.6) is 0 Å². The van der Waals surface area contributed by atoms with Gasteiger partial charge in [-0.25, -0.2) is 15.0 Å². The van der Waals surface area contributed by atoms with Crippen LogP contribution in [-0.2, 0) is 20.9 Å². The fraction of sp³-hybridized carbons (Fsp3) is 0.459. The molecular weight excluding hydrogens is 700 g/mol. The van der Waals surface area contributed by atoms with E-state index in [1.165, 1.54) is 6.92 Å². The van der Waals surface area contributed by atoms with E-state index < -0.39 is 12.1 Å². The SMILES string of the molecule is CC(=O)c1nn(CC(=O)N2CC3C(C)C3[C@H]2C(=O)N2CC3C(C)C3[C@H]2C(=O)Nc2nc(Br)ccc2C)c2c(C)cc(-c3cnc(C)nc3)cc12.